The molecule has 146 valence electrons. The van der Waals surface area contributed by atoms with E-state index in [1.165, 1.54) is 21.9 Å². The number of aromatic nitrogens is 4. The quantitative estimate of drug-likeness (QED) is 0.375. The molecule has 8 nitrogen and oxygen atoms in total. The minimum Gasteiger partial charge on any atom is -0.454 e. The third-order valence-electron chi connectivity index (χ3n) is 4.63. The van der Waals surface area contributed by atoms with Gasteiger partial charge in [-0.15, -0.1) is 0 Å². The lowest BCUT2D eigenvalue weighted by molar-refractivity contribution is 0.174. The Balaban J connectivity index is 1.41. The first-order chi connectivity index (χ1) is 14.1. The van der Waals surface area contributed by atoms with Gasteiger partial charge in [0.25, 0.3) is 5.56 Å². The van der Waals surface area contributed by atoms with E-state index in [0.717, 1.165) is 5.56 Å². The Morgan fingerprint density at radius 2 is 1.86 bits per heavy atom. The normalized spacial score (nSPS) is 12.6. The molecule has 0 saturated heterocycles. The summed E-state index contributed by atoms with van der Waals surface area (Å²) < 4.78 is 17.6. The van der Waals surface area contributed by atoms with Crippen molar-refractivity contribution in [3.05, 3.63) is 58.2 Å². The summed E-state index contributed by atoms with van der Waals surface area (Å²) in [4.78, 5) is 21.8. The highest BCUT2D eigenvalue weighted by atomic mass is 32.2. The molecule has 4 aromatic rings. The first-order valence-electron chi connectivity index (χ1n) is 8.91. The summed E-state index contributed by atoms with van der Waals surface area (Å²) in [5.41, 5.74) is 2.47. The molecule has 0 amide bonds. The van der Waals surface area contributed by atoms with Crippen LogP contribution in [0, 0.1) is 6.92 Å². The van der Waals surface area contributed by atoms with Crippen molar-refractivity contribution < 1.29 is 14.0 Å². The second-order valence-corrected chi connectivity index (χ2v) is 7.59. The fraction of sp³-hybridized carbons (Fsp3) is 0.200. The summed E-state index contributed by atoms with van der Waals surface area (Å²) >= 11 is 1.36. The third-order valence-corrected chi connectivity index (χ3v) is 5.65. The number of nitrogens with zero attached hydrogens (tertiary/aromatic N) is 4. The molecule has 0 N–H and O–H groups in total. The summed E-state index contributed by atoms with van der Waals surface area (Å²) in [5, 5.41) is 5.08. The molecular formula is C20H16N4O4S. The van der Waals surface area contributed by atoms with Crippen LogP contribution in [0.25, 0.3) is 22.3 Å². The van der Waals surface area contributed by atoms with Crippen LogP contribution in [0.3, 0.4) is 0 Å². The Hall–Kier alpha value is -3.33. The molecule has 0 unspecified atom stereocenters. The van der Waals surface area contributed by atoms with E-state index < -0.39 is 0 Å². The minimum atomic E-state index is -0.151. The Kier molecular flexibility index (Phi) is 4.24. The number of benzene rings is 2. The van der Waals surface area contributed by atoms with Gasteiger partial charge in [-0.3, -0.25) is 9.36 Å². The monoisotopic (exact) mass is 408 g/mol. The minimum absolute atomic E-state index is 0.147. The molecule has 0 saturated carbocycles. The number of hydrogen-bond acceptors (Lipinski definition) is 8. The maximum atomic E-state index is 12.7. The van der Waals surface area contributed by atoms with Crippen LogP contribution in [0.1, 0.15) is 11.5 Å². The van der Waals surface area contributed by atoms with E-state index in [4.69, 9.17) is 14.0 Å². The average molecular weight is 408 g/mol. The van der Waals surface area contributed by atoms with Crippen LogP contribution in [-0.4, -0.2) is 26.5 Å². The molecule has 3 heterocycles. The van der Waals surface area contributed by atoms with Crippen molar-refractivity contribution in [1.82, 2.24) is 19.7 Å². The van der Waals surface area contributed by atoms with Gasteiger partial charge in [0.15, 0.2) is 16.7 Å². The largest absolute Gasteiger partial charge is 0.454 e. The predicted octanol–water partition coefficient (Wildman–Crippen LogP) is 3.31. The van der Waals surface area contributed by atoms with E-state index in [2.05, 4.69) is 15.1 Å². The lowest BCUT2D eigenvalue weighted by atomic mass is 10.1. The van der Waals surface area contributed by atoms with E-state index >= 15 is 0 Å². The number of ether oxygens (including phenoxy) is 2. The summed E-state index contributed by atoms with van der Waals surface area (Å²) in [5.74, 6) is 2.55. The molecule has 0 radical (unpaired) electrons. The highest BCUT2D eigenvalue weighted by molar-refractivity contribution is 7.98. The van der Waals surface area contributed by atoms with E-state index in [-0.39, 0.29) is 12.4 Å². The number of fused-ring (bicyclic) bond motifs is 2. The molecule has 9 heteroatoms. The van der Waals surface area contributed by atoms with Crippen LogP contribution >= 0.6 is 11.8 Å². The van der Waals surface area contributed by atoms with Crippen molar-refractivity contribution in [2.75, 3.05) is 6.79 Å². The molecular weight excluding hydrogens is 392 g/mol. The molecule has 2 aromatic carbocycles. The van der Waals surface area contributed by atoms with Crippen molar-refractivity contribution in [1.29, 1.82) is 0 Å². The lowest BCUT2D eigenvalue weighted by Crippen LogP contribution is -2.20. The van der Waals surface area contributed by atoms with Crippen LogP contribution in [0.5, 0.6) is 11.5 Å². The van der Waals surface area contributed by atoms with Gasteiger partial charge in [0.05, 0.1) is 16.7 Å². The Morgan fingerprint density at radius 1 is 1.10 bits per heavy atom. The molecule has 0 aliphatic carbocycles. The smallest absolute Gasteiger partial charge is 0.261 e. The fourth-order valence-corrected chi connectivity index (χ4v) is 3.84. The van der Waals surface area contributed by atoms with E-state index in [1.807, 2.05) is 31.2 Å². The molecule has 1 aliphatic heterocycles. The summed E-state index contributed by atoms with van der Waals surface area (Å²) in [7, 11) is 1.69. The average Bonchev–Trinajstić information content (AvgIpc) is 3.38. The highest BCUT2D eigenvalue weighted by Crippen LogP contribution is 2.35. The van der Waals surface area contributed by atoms with Gasteiger partial charge in [0, 0.05) is 18.7 Å². The van der Waals surface area contributed by atoms with Crippen molar-refractivity contribution in [2.45, 2.75) is 17.8 Å². The van der Waals surface area contributed by atoms with E-state index in [1.54, 1.807) is 19.2 Å². The maximum Gasteiger partial charge on any atom is 0.261 e. The Labute approximate surface area is 169 Å². The zero-order valence-corrected chi connectivity index (χ0v) is 16.5. The topological polar surface area (TPSA) is 92.3 Å². The van der Waals surface area contributed by atoms with Gasteiger partial charge >= 0.3 is 0 Å². The predicted molar refractivity (Wildman–Crippen MR) is 107 cm³/mol. The molecule has 0 fully saturated rings. The summed E-state index contributed by atoms with van der Waals surface area (Å²) in [6.07, 6.45) is 0. The first-order valence-corrected chi connectivity index (χ1v) is 9.90. The van der Waals surface area contributed by atoms with Gasteiger partial charge in [-0.2, -0.15) is 4.98 Å². The number of hydrogen-bond donors (Lipinski definition) is 0. The zero-order chi connectivity index (χ0) is 20.0. The highest BCUT2D eigenvalue weighted by Gasteiger charge is 2.18. The fourth-order valence-electron chi connectivity index (χ4n) is 3.03. The second-order valence-electron chi connectivity index (χ2n) is 6.65. The van der Waals surface area contributed by atoms with Gasteiger partial charge in [-0.25, -0.2) is 4.98 Å². The van der Waals surface area contributed by atoms with Crippen molar-refractivity contribution in [3.63, 3.8) is 0 Å². The lowest BCUT2D eigenvalue weighted by Gasteiger charge is -2.08. The first kappa shape index (κ1) is 17.7. The second kappa shape index (κ2) is 6.93. The molecule has 29 heavy (non-hydrogen) atoms. The SMILES string of the molecule is Cc1ccc(-c2noc(CSc3nc4cc5c(cc4c(=O)n3C)OCO5)n2)cc1. The van der Waals surface area contributed by atoms with Gasteiger partial charge in [0.2, 0.25) is 18.5 Å². The van der Waals surface area contributed by atoms with Crippen LogP contribution in [0.4, 0.5) is 0 Å². The Morgan fingerprint density at radius 3 is 2.66 bits per heavy atom. The molecule has 0 atom stereocenters. The van der Waals surface area contributed by atoms with Gasteiger partial charge in [-0.05, 0) is 13.0 Å². The number of aryl methyl sites for hydroxylation is 1. The Bertz CT molecular complexity index is 1280. The van der Waals surface area contributed by atoms with Crippen molar-refractivity contribution in [3.8, 4) is 22.9 Å². The number of rotatable bonds is 4. The molecule has 0 bridgehead atoms. The number of thioether (sulfide) groups is 1. The zero-order valence-electron chi connectivity index (χ0n) is 15.7. The van der Waals surface area contributed by atoms with Crippen LogP contribution in [0.15, 0.2) is 50.9 Å². The van der Waals surface area contributed by atoms with Gasteiger partial charge in [0.1, 0.15) is 0 Å². The summed E-state index contributed by atoms with van der Waals surface area (Å²) in [6.45, 7) is 2.17. The molecule has 0 spiro atoms. The van der Waals surface area contributed by atoms with Crippen molar-refractivity contribution >= 4 is 22.7 Å². The maximum absolute atomic E-state index is 12.7. The molecule has 5 rings (SSSR count). The van der Waals surface area contributed by atoms with E-state index in [9.17, 15) is 4.79 Å². The molecule has 2 aromatic heterocycles. The van der Waals surface area contributed by atoms with Gasteiger partial charge < -0.3 is 14.0 Å². The van der Waals surface area contributed by atoms with Crippen LogP contribution in [0.2, 0.25) is 0 Å². The summed E-state index contributed by atoms with van der Waals surface area (Å²) in [6, 6.07) is 11.3. The van der Waals surface area contributed by atoms with Crippen LogP contribution < -0.4 is 15.0 Å². The van der Waals surface area contributed by atoms with Crippen molar-refractivity contribution in [2.24, 2.45) is 7.05 Å². The van der Waals surface area contributed by atoms with Crippen LogP contribution in [-0.2, 0) is 12.8 Å². The van der Waals surface area contributed by atoms with Gasteiger partial charge in [-0.1, -0.05) is 46.7 Å². The molecule has 1 aliphatic rings. The van der Waals surface area contributed by atoms with E-state index in [0.29, 0.717) is 45.0 Å². The standard InChI is InChI=1S/C20H16N4O4S/c1-11-3-5-12(6-4-11)18-22-17(28-23-18)9-29-20-21-14-8-16-15(26-10-27-16)7-13(14)19(25)24(20)2/h3-8H,9-10H2,1-2H3. The third kappa shape index (κ3) is 3.23.